The van der Waals surface area contributed by atoms with E-state index in [1.165, 1.54) is 12.8 Å². The number of aliphatic hydroxyl groups is 2. The number of aromatic hydroxyl groups is 1. The standard InChI is InChI=1S/C22H29NO4/c1-4-23(12-14-6-7-14)17-11-15-8-5-13(2)19(25)18(15)21(3)20(26)16(24)9-10-22(17,21)27/h5,8,11,14,17,20,25-27H,2,4,6-7,9-10,12H2,1,3H3/t17-,20?,21+,22-/m1/s1. The Morgan fingerprint density at radius 2 is 2.04 bits per heavy atom. The summed E-state index contributed by atoms with van der Waals surface area (Å²) in [6, 6.07) is 3.29. The van der Waals surface area contributed by atoms with Crippen LogP contribution < -0.4 is 10.4 Å². The highest BCUT2D eigenvalue weighted by Crippen LogP contribution is 2.51. The third-order valence-electron chi connectivity index (χ3n) is 7.13. The average Bonchev–Trinajstić information content (AvgIpc) is 3.46. The summed E-state index contributed by atoms with van der Waals surface area (Å²) >= 11 is 0. The second kappa shape index (κ2) is 6.16. The molecule has 1 aromatic rings. The molecule has 3 N–H and O–H groups in total. The van der Waals surface area contributed by atoms with Crippen molar-refractivity contribution in [1.29, 1.82) is 0 Å². The van der Waals surface area contributed by atoms with Gasteiger partial charge in [0, 0.05) is 23.7 Å². The lowest BCUT2D eigenvalue weighted by molar-refractivity contribution is -0.168. The number of phenolic OH excluding ortho intramolecular Hbond substituents is 1. The number of carbonyl (C=O) groups excluding carboxylic acids is 1. The number of benzene rings is 1. The van der Waals surface area contributed by atoms with Crippen LogP contribution in [0.4, 0.5) is 0 Å². The first-order chi connectivity index (χ1) is 12.7. The molecule has 3 aliphatic carbocycles. The van der Waals surface area contributed by atoms with Crippen LogP contribution in [0, 0.1) is 5.92 Å². The Balaban J connectivity index is 1.98. The Kier molecular flexibility index (Phi) is 4.26. The number of likely N-dealkylation sites (N-methyl/N-ethyl adjacent to an activating group) is 1. The smallest absolute Gasteiger partial charge is 0.162 e. The molecule has 0 aromatic heterocycles. The number of hydrogen-bond acceptors (Lipinski definition) is 5. The van der Waals surface area contributed by atoms with Gasteiger partial charge in [-0.25, -0.2) is 0 Å². The van der Waals surface area contributed by atoms with Crippen LogP contribution in [-0.2, 0) is 10.2 Å². The summed E-state index contributed by atoms with van der Waals surface area (Å²) in [5.41, 5.74) is -2.19. The van der Waals surface area contributed by atoms with Crippen LogP contribution in [0.15, 0.2) is 12.1 Å². The minimum absolute atomic E-state index is 0.0397. The molecule has 27 heavy (non-hydrogen) atoms. The molecule has 0 spiro atoms. The number of ketones is 1. The Hall–Kier alpha value is -1.69. The number of Topliss-reactive ketones (excluding diaryl/α,β-unsaturated/α-hetero) is 1. The maximum Gasteiger partial charge on any atom is 0.162 e. The average molecular weight is 371 g/mol. The highest BCUT2D eigenvalue weighted by atomic mass is 16.3. The number of rotatable bonds is 4. The number of nitrogens with zero attached hydrogens (tertiary/aromatic N) is 1. The second-order valence-corrected chi connectivity index (χ2v) is 8.68. The van der Waals surface area contributed by atoms with E-state index in [4.69, 9.17) is 0 Å². The van der Waals surface area contributed by atoms with Gasteiger partial charge in [-0.3, -0.25) is 9.69 Å². The van der Waals surface area contributed by atoms with Crippen molar-refractivity contribution in [3.05, 3.63) is 28.1 Å². The van der Waals surface area contributed by atoms with E-state index < -0.39 is 17.1 Å². The van der Waals surface area contributed by atoms with E-state index in [0.29, 0.717) is 16.7 Å². The SMILES string of the molecule is C=c1ccc2c(c1O)[C@@]1(C)C(O)C(=O)CC[C@@]1(O)[C@H](N(CC)CC1CC1)C=2. The van der Waals surface area contributed by atoms with Gasteiger partial charge in [0.1, 0.15) is 11.9 Å². The zero-order valence-electron chi connectivity index (χ0n) is 16.1. The first kappa shape index (κ1) is 18.7. The molecular weight excluding hydrogens is 342 g/mol. The van der Waals surface area contributed by atoms with Gasteiger partial charge in [0.2, 0.25) is 0 Å². The summed E-state index contributed by atoms with van der Waals surface area (Å²) in [6.07, 6.45) is 3.47. The largest absolute Gasteiger partial charge is 0.507 e. The Bertz CT molecular complexity index is 892. The van der Waals surface area contributed by atoms with E-state index in [2.05, 4.69) is 18.4 Å². The first-order valence-electron chi connectivity index (χ1n) is 9.94. The zero-order chi connectivity index (χ0) is 19.6. The lowest BCUT2D eigenvalue weighted by atomic mass is 9.53. The number of carbonyl (C=O) groups is 1. The summed E-state index contributed by atoms with van der Waals surface area (Å²) in [6.45, 7) is 9.33. The first-order valence-corrected chi connectivity index (χ1v) is 9.94. The van der Waals surface area contributed by atoms with Crippen molar-refractivity contribution in [1.82, 2.24) is 4.90 Å². The van der Waals surface area contributed by atoms with Gasteiger partial charge < -0.3 is 15.3 Å². The summed E-state index contributed by atoms with van der Waals surface area (Å²) in [5, 5.41) is 34.9. The maximum atomic E-state index is 12.5. The van der Waals surface area contributed by atoms with E-state index in [0.717, 1.165) is 18.3 Å². The van der Waals surface area contributed by atoms with E-state index in [1.54, 1.807) is 13.0 Å². The van der Waals surface area contributed by atoms with Gasteiger partial charge in [-0.1, -0.05) is 31.7 Å². The van der Waals surface area contributed by atoms with Gasteiger partial charge in [0.25, 0.3) is 0 Å². The van der Waals surface area contributed by atoms with Crippen molar-refractivity contribution in [3.8, 4) is 5.75 Å². The van der Waals surface area contributed by atoms with Gasteiger partial charge in [0.05, 0.1) is 17.1 Å². The van der Waals surface area contributed by atoms with Crippen LogP contribution in [-0.4, -0.2) is 56.8 Å². The topological polar surface area (TPSA) is 81.0 Å². The van der Waals surface area contributed by atoms with Crippen molar-refractivity contribution in [2.24, 2.45) is 5.92 Å². The summed E-state index contributed by atoms with van der Waals surface area (Å²) < 4.78 is 0. The lowest BCUT2D eigenvalue weighted by Crippen LogP contribution is -2.72. The monoisotopic (exact) mass is 371 g/mol. The lowest BCUT2D eigenvalue weighted by Gasteiger charge is -2.57. The second-order valence-electron chi connectivity index (χ2n) is 8.68. The maximum absolute atomic E-state index is 12.5. The Labute approximate surface area is 159 Å². The van der Waals surface area contributed by atoms with Crippen LogP contribution in [0.2, 0.25) is 0 Å². The number of fused-ring (bicyclic) bond motifs is 3. The Morgan fingerprint density at radius 1 is 1.33 bits per heavy atom. The molecule has 0 amide bonds. The molecule has 1 aromatic carbocycles. The van der Waals surface area contributed by atoms with Crippen LogP contribution in [0.25, 0.3) is 12.7 Å². The highest BCUT2D eigenvalue weighted by molar-refractivity contribution is 5.87. The predicted octanol–water partition coefficient (Wildman–Crippen LogP) is 0.410. The molecule has 1 unspecified atom stereocenters. The molecule has 2 fully saturated rings. The molecule has 5 nitrogen and oxygen atoms in total. The molecule has 3 aliphatic rings. The molecule has 146 valence electrons. The van der Waals surface area contributed by atoms with Gasteiger partial charge in [-0.2, -0.15) is 0 Å². The van der Waals surface area contributed by atoms with Gasteiger partial charge >= 0.3 is 0 Å². The Morgan fingerprint density at radius 3 is 2.67 bits per heavy atom. The fourth-order valence-corrected chi connectivity index (χ4v) is 5.20. The third-order valence-corrected chi connectivity index (χ3v) is 7.13. The van der Waals surface area contributed by atoms with Gasteiger partial charge in [-0.15, -0.1) is 0 Å². The highest BCUT2D eigenvalue weighted by Gasteiger charge is 2.64. The molecule has 2 saturated carbocycles. The summed E-state index contributed by atoms with van der Waals surface area (Å²) in [5.74, 6) is 0.329. The normalized spacial score (nSPS) is 35.5. The van der Waals surface area contributed by atoms with Crippen molar-refractivity contribution >= 4 is 18.4 Å². The number of aliphatic hydroxyl groups excluding tert-OH is 1. The van der Waals surface area contributed by atoms with Gasteiger partial charge in [0.15, 0.2) is 5.78 Å². The number of hydrogen-bond donors (Lipinski definition) is 3. The van der Waals surface area contributed by atoms with Crippen molar-refractivity contribution in [2.45, 2.75) is 62.7 Å². The van der Waals surface area contributed by atoms with E-state index in [1.807, 2.05) is 12.1 Å². The fraction of sp³-hybridized carbons (Fsp3) is 0.591. The van der Waals surface area contributed by atoms with Crippen LogP contribution in [0.3, 0.4) is 0 Å². The predicted molar refractivity (Wildman–Crippen MR) is 104 cm³/mol. The third kappa shape index (κ3) is 2.52. The minimum atomic E-state index is -1.36. The number of phenols is 1. The zero-order valence-corrected chi connectivity index (χ0v) is 16.1. The van der Waals surface area contributed by atoms with Crippen LogP contribution in [0.1, 0.15) is 45.1 Å². The summed E-state index contributed by atoms with van der Waals surface area (Å²) in [7, 11) is 0. The molecule has 4 atom stereocenters. The summed E-state index contributed by atoms with van der Waals surface area (Å²) in [4.78, 5) is 14.7. The quantitative estimate of drug-likeness (QED) is 0.714. The molecule has 5 heteroatoms. The van der Waals surface area contributed by atoms with E-state index in [-0.39, 0.29) is 30.4 Å². The molecule has 0 heterocycles. The molecular formula is C22H29NO4. The molecule has 0 bridgehead atoms. The molecule has 0 aliphatic heterocycles. The minimum Gasteiger partial charge on any atom is -0.507 e. The van der Waals surface area contributed by atoms with Crippen molar-refractivity contribution < 1.29 is 20.1 Å². The fourth-order valence-electron chi connectivity index (χ4n) is 5.20. The van der Waals surface area contributed by atoms with E-state index in [9.17, 15) is 20.1 Å². The molecule has 0 radical (unpaired) electrons. The molecule has 4 rings (SSSR count). The van der Waals surface area contributed by atoms with Crippen LogP contribution in [0.5, 0.6) is 5.75 Å². The van der Waals surface area contributed by atoms with Crippen molar-refractivity contribution in [2.75, 3.05) is 13.1 Å². The van der Waals surface area contributed by atoms with E-state index >= 15 is 0 Å². The van der Waals surface area contributed by atoms with Crippen molar-refractivity contribution in [3.63, 3.8) is 0 Å². The van der Waals surface area contributed by atoms with Gasteiger partial charge in [-0.05, 0) is 43.9 Å². The van der Waals surface area contributed by atoms with Crippen LogP contribution >= 0.6 is 0 Å². The molecule has 0 saturated heterocycles.